The third-order valence-corrected chi connectivity index (χ3v) is 5.44. The quantitative estimate of drug-likeness (QED) is 0.841. The lowest BCUT2D eigenvalue weighted by molar-refractivity contribution is 0.222. The molecule has 1 N–H and O–H groups in total. The molecular formula is C17H20BrNOS. The molecule has 0 saturated heterocycles. The van der Waals surface area contributed by atoms with Gasteiger partial charge in [0.05, 0.1) is 0 Å². The second kappa shape index (κ2) is 6.11. The van der Waals surface area contributed by atoms with Crippen LogP contribution in [0.5, 0.6) is 5.75 Å². The van der Waals surface area contributed by atoms with E-state index in [4.69, 9.17) is 4.74 Å². The molecule has 0 spiro atoms. The van der Waals surface area contributed by atoms with Gasteiger partial charge in [-0.05, 0) is 56.2 Å². The predicted molar refractivity (Wildman–Crippen MR) is 92.5 cm³/mol. The monoisotopic (exact) mass is 365 g/mol. The maximum absolute atomic E-state index is 6.00. The van der Waals surface area contributed by atoms with Gasteiger partial charge in [0, 0.05) is 33.2 Å². The van der Waals surface area contributed by atoms with Crippen molar-refractivity contribution in [1.82, 2.24) is 5.32 Å². The zero-order valence-corrected chi connectivity index (χ0v) is 15.0. The third-order valence-electron chi connectivity index (χ3n) is 3.96. The first-order valence-corrected chi connectivity index (χ1v) is 8.89. The van der Waals surface area contributed by atoms with Crippen molar-refractivity contribution in [3.05, 3.63) is 49.6 Å². The zero-order valence-electron chi connectivity index (χ0n) is 12.6. The van der Waals surface area contributed by atoms with Crippen molar-refractivity contribution in [2.45, 2.75) is 39.3 Å². The molecule has 1 aliphatic rings. The van der Waals surface area contributed by atoms with Crippen molar-refractivity contribution in [2.75, 3.05) is 6.54 Å². The molecule has 0 fully saturated rings. The van der Waals surface area contributed by atoms with Crippen LogP contribution >= 0.6 is 27.3 Å². The maximum Gasteiger partial charge on any atom is 0.123 e. The summed E-state index contributed by atoms with van der Waals surface area (Å²) in [5.74, 6) is 1.03. The number of thiophene rings is 1. The van der Waals surface area contributed by atoms with Crippen LogP contribution < -0.4 is 10.1 Å². The van der Waals surface area contributed by atoms with Gasteiger partial charge in [0.15, 0.2) is 0 Å². The molecule has 1 aliphatic heterocycles. The molecular weight excluding hydrogens is 346 g/mol. The van der Waals surface area contributed by atoms with E-state index in [9.17, 15) is 0 Å². The summed E-state index contributed by atoms with van der Waals surface area (Å²) in [7, 11) is 0. The average Bonchev–Trinajstić information content (AvgIpc) is 2.98. The summed E-state index contributed by atoms with van der Waals surface area (Å²) in [4.78, 5) is 2.79. The Balaban J connectivity index is 1.58. The highest BCUT2D eigenvalue weighted by Crippen LogP contribution is 2.31. The van der Waals surface area contributed by atoms with Gasteiger partial charge in [0.2, 0.25) is 0 Å². The summed E-state index contributed by atoms with van der Waals surface area (Å²) < 4.78 is 7.12. The van der Waals surface area contributed by atoms with Crippen LogP contribution in [0, 0.1) is 13.8 Å². The van der Waals surface area contributed by atoms with Gasteiger partial charge >= 0.3 is 0 Å². The Kier molecular flexibility index (Phi) is 4.38. The number of halogens is 1. The Morgan fingerprint density at radius 1 is 1.38 bits per heavy atom. The normalized spacial score (nSPS) is 18.4. The van der Waals surface area contributed by atoms with Crippen LogP contribution in [0.3, 0.4) is 0 Å². The van der Waals surface area contributed by atoms with Crippen molar-refractivity contribution < 1.29 is 4.74 Å². The first-order valence-electron chi connectivity index (χ1n) is 7.28. The fraction of sp³-hybridized carbons (Fsp3) is 0.412. The highest BCUT2D eigenvalue weighted by molar-refractivity contribution is 9.10. The van der Waals surface area contributed by atoms with E-state index in [0.717, 1.165) is 23.2 Å². The fourth-order valence-electron chi connectivity index (χ4n) is 2.90. The lowest BCUT2D eigenvalue weighted by atomic mass is 10.1. The summed E-state index contributed by atoms with van der Waals surface area (Å²) in [6.07, 6.45) is 1.22. The first-order chi connectivity index (χ1) is 10.0. The highest BCUT2D eigenvalue weighted by Gasteiger charge is 2.23. The van der Waals surface area contributed by atoms with E-state index in [-0.39, 0.29) is 6.10 Å². The van der Waals surface area contributed by atoms with E-state index in [2.05, 4.69) is 60.2 Å². The molecule has 2 nitrogen and oxygen atoms in total. The summed E-state index contributed by atoms with van der Waals surface area (Å²) in [6.45, 7) is 7.47. The Hall–Kier alpha value is -0.840. The number of hydrogen-bond acceptors (Lipinski definition) is 3. The van der Waals surface area contributed by atoms with Gasteiger partial charge < -0.3 is 10.1 Å². The van der Waals surface area contributed by atoms with Crippen LogP contribution in [0.25, 0.3) is 0 Å². The van der Waals surface area contributed by atoms with Crippen molar-refractivity contribution in [1.29, 1.82) is 0 Å². The molecule has 0 aliphatic carbocycles. The molecule has 0 radical (unpaired) electrons. The molecule has 21 heavy (non-hydrogen) atoms. The molecule has 2 unspecified atom stereocenters. The fourth-order valence-corrected chi connectivity index (χ4v) is 4.33. The summed E-state index contributed by atoms with van der Waals surface area (Å²) in [5, 5.41) is 3.61. The minimum atomic E-state index is 0.233. The molecule has 1 aromatic carbocycles. The Morgan fingerprint density at radius 2 is 2.19 bits per heavy atom. The molecule has 112 valence electrons. The van der Waals surface area contributed by atoms with Crippen molar-refractivity contribution in [3.8, 4) is 5.75 Å². The van der Waals surface area contributed by atoms with E-state index < -0.39 is 0 Å². The van der Waals surface area contributed by atoms with Crippen LogP contribution in [0.4, 0.5) is 0 Å². The Bertz CT molecular complexity index is 652. The van der Waals surface area contributed by atoms with Gasteiger partial charge in [-0.2, -0.15) is 0 Å². The van der Waals surface area contributed by atoms with Crippen LogP contribution in [0.2, 0.25) is 0 Å². The number of benzene rings is 1. The topological polar surface area (TPSA) is 21.3 Å². The number of aryl methyl sites for hydroxylation is 2. The third kappa shape index (κ3) is 3.33. The van der Waals surface area contributed by atoms with E-state index in [1.54, 1.807) is 0 Å². The summed E-state index contributed by atoms with van der Waals surface area (Å²) in [5.41, 5.74) is 2.71. The smallest absolute Gasteiger partial charge is 0.123 e. The van der Waals surface area contributed by atoms with Crippen molar-refractivity contribution in [2.24, 2.45) is 0 Å². The second-order valence-electron chi connectivity index (χ2n) is 5.69. The summed E-state index contributed by atoms with van der Waals surface area (Å²) in [6, 6.07) is 8.91. The predicted octanol–water partition coefficient (Wildman–Crippen LogP) is 4.78. The van der Waals surface area contributed by atoms with Gasteiger partial charge in [-0.15, -0.1) is 11.3 Å². The molecule has 2 atom stereocenters. The van der Waals surface area contributed by atoms with Gasteiger partial charge in [0.1, 0.15) is 11.9 Å². The van der Waals surface area contributed by atoms with Crippen LogP contribution in [0.1, 0.15) is 33.8 Å². The van der Waals surface area contributed by atoms with E-state index in [1.807, 2.05) is 17.4 Å². The van der Waals surface area contributed by atoms with Gasteiger partial charge in [0.25, 0.3) is 0 Å². The molecule has 2 heterocycles. The van der Waals surface area contributed by atoms with Crippen LogP contribution in [0.15, 0.2) is 28.7 Å². The van der Waals surface area contributed by atoms with Crippen LogP contribution in [-0.4, -0.2) is 12.6 Å². The number of nitrogens with one attached hydrogen (secondary N) is 1. The van der Waals surface area contributed by atoms with Gasteiger partial charge in [-0.1, -0.05) is 15.9 Å². The van der Waals surface area contributed by atoms with Crippen molar-refractivity contribution in [3.63, 3.8) is 0 Å². The number of ether oxygens (including phenoxy) is 1. The largest absolute Gasteiger partial charge is 0.488 e. The minimum absolute atomic E-state index is 0.233. The Morgan fingerprint density at radius 3 is 2.90 bits per heavy atom. The summed E-state index contributed by atoms with van der Waals surface area (Å²) >= 11 is 5.39. The SMILES string of the molecule is Cc1cc(C(C)NCC2Cc3cc(Br)ccc3O2)c(C)s1. The average molecular weight is 366 g/mol. The second-order valence-corrected chi connectivity index (χ2v) is 8.07. The maximum atomic E-state index is 6.00. The van der Waals surface area contributed by atoms with E-state index in [0.29, 0.717) is 6.04 Å². The Labute approximate surface area is 138 Å². The van der Waals surface area contributed by atoms with E-state index in [1.165, 1.54) is 20.9 Å². The minimum Gasteiger partial charge on any atom is -0.488 e. The first kappa shape index (κ1) is 15.1. The number of rotatable bonds is 4. The lowest BCUT2D eigenvalue weighted by Gasteiger charge is -2.17. The van der Waals surface area contributed by atoms with Crippen molar-refractivity contribution >= 4 is 27.3 Å². The molecule has 0 amide bonds. The molecule has 2 aromatic rings. The van der Waals surface area contributed by atoms with E-state index >= 15 is 0 Å². The standard InChI is InChI=1S/C17H20BrNOS/c1-10-6-16(12(3)21-10)11(2)19-9-15-8-13-7-14(18)4-5-17(13)20-15/h4-7,11,15,19H,8-9H2,1-3H3. The molecule has 0 bridgehead atoms. The molecule has 3 rings (SSSR count). The number of fused-ring (bicyclic) bond motifs is 1. The molecule has 1 aromatic heterocycles. The van der Waals surface area contributed by atoms with Crippen LogP contribution in [-0.2, 0) is 6.42 Å². The lowest BCUT2D eigenvalue weighted by Crippen LogP contribution is -2.31. The number of hydrogen-bond donors (Lipinski definition) is 1. The van der Waals surface area contributed by atoms with Gasteiger partial charge in [-0.3, -0.25) is 0 Å². The molecule has 0 saturated carbocycles. The highest BCUT2D eigenvalue weighted by atomic mass is 79.9. The van der Waals surface area contributed by atoms with Gasteiger partial charge in [-0.25, -0.2) is 0 Å². The zero-order chi connectivity index (χ0) is 15.0. The molecule has 4 heteroatoms.